The van der Waals surface area contributed by atoms with E-state index in [0.29, 0.717) is 5.56 Å². The Morgan fingerprint density at radius 3 is 2.29 bits per heavy atom. The number of amides is 1. The van der Waals surface area contributed by atoms with Gasteiger partial charge in [-0.15, -0.1) is 0 Å². The molecule has 9 heteroatoms. The van der Waals surface area contributed by atoms with Gasteiger partial charge in [0.05, 0.1) is 6.26 Å². The van der Waals surface area contributed by atoms with Crippen LogP contribution in [0.1, 0.15) is 10.4 Å². The number of carboxylic acids is 1. The molecule has 0 aliphatic carbocycles. The second kappa shape index (κ2) is 5.45. The van der Waals surface area contributed by atoms with Crippen molar-refractivity contribution < 1.29 is 28.2 Å². The van der Waals surface area contributed by atoms with Crippen LogP contribution in [0.4, 0.5) is 0 Å². The third-order valence-corrected chi connectivity index (χ3v) is 6.09. The van der Waals surface area contributed by atoms with Gasteiger partial charge in [0.15, 0.2) is 0 Å². The van der Waals surface area contributed by atoms with E-state index >= 15 is 0 Å². The summed E-state index contributed by atoms with van der Waals surface area (Å²) in [6.45, 7) is 0.145. The Morgan fingerprint density at radius 1 is 1.17 bits per heavy atom. The number of carbonyl (C=O) groups is 2. The van der Waals surface area contributed by atoms with Crippen LogP contribution in [0.5, 0.6) is 5.75 Å². The quantitative estimate of drug-likeness (QED) is 0.777. The molecule has 2 heterocycles. The molecule has 2 fully saturated rings. The molecule has 3 rings (SSSR count). The first-order valence-electron chi connectivity index (χ1n) is 7.40. The lowest BCUT2D eigenvalue weighted by molar-refractivity contribution is -0.148. The van der Waals surface area contributed by atoms with E-state index in [-0.39, 0.29) is 37.8 Å². The SMILES string of the molecule is CS(=O)(=O)N1C[C@H]2CN(C(=O)c3ccc(O)cc3)C[C@@]2(C(=O)O)C1. The van der Waals surface area contributed by atoms with Crippen LogP contribution in [-0.4, -0.2) is 72.1 Å². The highest BCUT2D eigenvalue weighted by Crippen LogP contribution is 2.44. The fourth-order valence-electron chi connectivity index (χ4n) is 3.52. The number of sulfonamides is 1. The van der Waals surface area contributed by atoms with E-state index < -0.39 is 27.3 Å². The molecule has 0 unspecified atom stereocenters. The summed E-state index contributed by atoms with van der Waals surface area (Å²) in [5.41, 5.74) is -0.913. The highest BCUT2D eigenvalue weighted by Gasteiger charge is 2.60. The first-order valence-corrected chi connectivity index (χ1v) is 9.25. The Hall–Kier alpha value is -2.13. The Bertz CT molecular complexity index is 791. The van der Waals surface area contributed by atoms with Gasteiger partial charge in [-0.05, 0) is 24.3 Å². The summed E-state index contributed by atoms with van der Waals surface area (Å²) in [5, 5.41) is 19.0. The molecule has 0 spiro atoms. The maximum absolute atomic E-state index is 12.6. The number of carboxylic acid groups (broad SMARTS) is 1. The third-order valence-electron chi connectivity index (χ3n) is 4.87. The maximum atomic E-state index is 12.6. The van der Waals surface area contributed by atoms with Crippen molar-refractivity contribution in [3.05, 3.63) is 29.8 Å². The average Bonchev–Trinajstić information content (AvgIpc) is 3.02. The molecule has 2 N–H and O–H groups in total. The lowest BCUT2D eigenvalue weighted by Crippen LogP contribution is -2.42. The van der Waals surface area contributed by atoms with E-state index in [1.165, 1.54) is 33.5 Å². The van der Waals surface area contributed by atoms with Gasteiger partial charge in [0, 0.05) is 37.7 Å². The Morgan fingerprint density at radius 2 is 1.79 bits per heavy atom. The van der Waals surface area contributed by atoms with Gasteiger partial charge in [0.2, 0.25) is 10.0 Å². The zero-order valence-electron chi connectivity index (χ0n) is 13.0. The first-order chi connectivity index (χ1) is 11.1. The normalized spacial score (nSPS) is 27.2. The average molecular weight is 354 g/mol. The molecular formula is C15H18N2O6S. The summed E-state index contributed by atoms with van der Waals surface area (Å²) in [6, 6.07) is 5.73. The van der Waals surface area contributed by atoms with E-state index in [1.807, 2.05) is 0 Å². The topological polar surface area (TPSA) is 115 Å². The number of phenolic OH excluding ortho intramolecular Hbond substituents is 1. The maximum Gasteiger partial charge on any atom is 0.313 e. The van der Waals surface area contributed by atoms with Crippen LogP contribution in [0.25, 0.3) is 0 Å². The van der Waals surface area contributed by atoms with Crippen molar-refractivity contribution in [3.63, 3.8) is 0 Å². The first kappa shape index (κ1) is 16.7. The zero-order valence-corrected chi connectivity index (χ0v) is 13.9. The molecule has 2 atom stereocenters. The number of fused-ring (bicyclic) bond motifs is 1. The predicted octanol–water partition coefficient (Wildman–Crippen LogP) is -0.190. The van der Waals surface area contributed by atoms with Crippen molar-refractivity contribution >= 4 is 21.9 Å². The van der Waals surface area contributed by atoms with Crippen molar-refractivity contribution in [3.8, 4) is 5.75 Å². The molecule has 2 aliphatic heterocycles. The smallest absolute Gasteiger partial charge is 0.313 e. The van der Waals surface area contributed by atoms with E-state index in [1.54, 1.807) is 0 Å². The second-order valence-corrected chi connectivity index (χ2v) is 8.43. The van der Waals surface area contributed by atoms with Crippen LogP contribution in [0.15, 0.2) is 24.3 Å². The van der Waals surface area contributed by atoms with Crippen molar-refractivity contribution in [2.24, 2.45) is 11.3 Å². The van der Waals surface area contributed by atoms with Crippen LogP contribution in [0.3, 0.4) is 0 Å². The van der Waals surface area contributed by atoms with Crippen LogP contribution >= 0.6 is 0 Å². The molecule has 0 aromatic heterocycles. The zero-order chi connectivity index (χ0) is 17.7. The number of rotatable bonds is 3. The Labute approximate surface area is 139 Å². The fraction of sp³-hybridized carbons (Fsp3) is 0.467. The molecular weight excluding hydrogens is 336 g/mol. The molecule has 2 saturated heterocycles. The molecule has 24 heavy (non-hydrogen) atoms. The highest BCUT2D eigenvalue weighted by atomic mass is 32.2. The van der Waals surface area contributed by atoms with Crippen molar-refractivity contribution in [2.75, 3.05) is 32.4 Å². The predicted molar refractivity (Wildman–Crippen MR) is 84.0 cm³/mol. The minimum atomic E-state index is -3.47. The van der Waals surface area contributed by atoms with E-state index in [0.717, 1.165) is 6.26 Å². The summed E-state index contributed by atoms with van der Waals surface area (Å²) >= 11 is 0. The van der Waals surface area contributed by atoms with Gasteiger partial charge < -0.3 is 15.1 Å². The van der Waals surface area contributed by atoms with E-state index in [4.69, 9.17) is 0 Å². The molecule has 2 aliphatic rings. The van der Waals surface area contributed by atoms with Gasteiger partial charge >= 0.3 is 5.97 Å². The standard InChI is InChI=1S/C15H18N2O6S/c1-24(22,23)17-7-11-6-16(8-15(11,9-17)14(20)21)13(19)10-2-4-12(18)5-3-10/h2-5,11,18H,6-9H2,1H3,(H,20,21)/t11-,15-/m1/s1. The molecule has 1 aromatic carbocycles. The van der Waals surface area contributed by atoms with Gasteiger partial charge in [-0.25, -0.2) is 12.7 Å². The molecule has 0 bridgehead atoms. The van der Waals surface area contributed by atoms with Crippen LogP contribution in [0, 0.1) is 11.3 Å². The van der Waals surface area contributed by atoms with Gasteiger partial charge in [0.25, 0.3) is 5.91 Å². The highest BCUT2D eigenvalue weighted by molar-refractivity contribution is 7.88. The number of aromatic hydroxyl groups is 1. The number of hydrogen-bond acceptors (Lipinski definition) is 5. The molecule has 8 nitrogen and oxygen atoms in total. The summed E-state index contributed by atoms with van der Waals surface area (Å²) in [5.74, 6) is -1.81. The van der Waals surface area contributed by atoms with Gasteiger partial charge in [-0.1, -0.05) is 0 Å². The minimum Gasteiger partial charge on any atom is -0.508 e. The van der Waals surface area contributed by atoms with Crippen molar-refractivity contribution in [2.45, 2.75) is 0 Å². The van der Waals surface area contributed by atoms with Crippen LogP contribution in [-0.2, 0) is 14.8 Å². The summed E-state index contributed by atoms with van der Waals surface area (Å²) in [7, 11) is -3.47. The molecule has 130 valence electrons. The molecule has 0 saturated carbocycles. The monoisotopic (exact) mass is 354 g/mol. The number of carbonyl (C=O) groups excluding carboxylic acids is 1. The molecule has 0 radical (unpaired) electrons. The number of phenols is 1. The number of benzene rings is 1. The Balaban J connectivity index is 1.84. The summed E-state index contributed by atoms with van der Waals surface area (Å²) in [6.07, 6.45) is 1.06. The second-order valence-electron chi connectivity index (χ2n) is 6.45. The molecule has 1 amide bonds. The fourth-order valence-corrected chi connectivity index (χ4v) is 4.43. The van der Waals surface area contributed by atoms with E-state index in [9.17, 15) is 28.2 Å². The number of likely N-dealkylation sites (tertiary alicyclic amines) is 1. The number of aliphatic carboxylic acids is 1. The van der Waals surface area contributed by atoms with Crippen molar-refractivity contribution in [1.82, 2.24) is 9.21 Å². The van der Waals surface area contributed by atoms with Crippen molar-refractivity contribution in [1.29, 1.82) is 0 Å². The minimum absolute atomic E-state index is 0.0290. The van der Waals surface area contributed by atoms with Gasteiger partial charge in [-0.2, -0.15) is 0 Å². The summed E-state index contributed by atoms with van der Waals surface area (Å²) < 4.78 is 24.6. The number of nitrogens with zero attached hydrogens (tertiary/aromatic N) is 2. The van der Waals surface area contributed by atoms with Crippen LogP contribution in [0.2, 0.25) is 0 Å². The van der Waals surface area contributed by atoms with Crippen LogP contribution < -0.4 is 0 Å². The largest absolute Gasteiger partial charge is 0.508 e. The van der Waals surface area contributed by atoms with Gasteiger partial charge in [0.1, 0.15) is 11.2 Å². The van der Waals surface area contributed by atoms with E-state index in [2.05, 4.69) is 0 Å². The Kier molecular flexibility index (Phi) is 3.80. The lowest BCUT2D eigenvalue weighted by Gasteiger charge is -2.24. The van der Waals surface area contributed by atoms with Gasteiger partial charge in [-0.3, -0.25) is 9.59 Å². The molecule has 1 aromatic rings. The third kappa shape index (κ3) is 2.63. The summed E-state index contributed by atoms with van der Waals surface area (Å²) in [4.78, 5) is 25.8. The number of hydrogen-bond donors (Lipinski definition) is 2. The lowest BCUT2D eigenvalue weighted by atomic mass is 9.81.